The van der Waals surface area contributed by atoms with E-state index < -0.39 is 0 Å². The summed E-state index contributed by atoms with van der Waals surface area (Å²) in [5, 5.41) is 0. The van der Waals surface area contributed by atoms with Gasteiger partial charge >= 0.3 is 0 Å². The molecule has 0 bridgehead atoms. The molecule has 0 N–H and O–H groups in total. The maximum atomic E-state index is 5.09. The molecule has 0 fully saturated rings. The molecule has 0 unspecified atom stereocenters. The van der Waals surface area contributed by atoms with Gasteiger partial charge in [-0.05, 0) is 80.6 Å². The molecule has 7 rings (SSSR count). The van der Waals surface area contributed by atoms with E-state index in [2.05, 4.69) is 140 Å². The van der Waals surface area contributed by atoms with Crippen molar-refractivity contribution in [1.29, 1.82) is 0 Å². The van der Waals surface area contributed by atoms with Gasteiger partial charge in [-0.3, -0.25) is 8.97 Å². The van der Waals surface area contributed by atoms with Gasteiger partial charge in [0.15, 0.2) is 0 Å². The van der Waals surface area contributed by atoms with Gasteiger partial charge in [0.25, 0.3) is 0 Å². The van der Waals surface area contributed by atoms with Crippen molar-refractivity contribution in [1.82, 2.24) is 14.0 Å². The molecular weight excluding hydrogens is 494 g/mol. The van der Waals surface area contributed by atoms with Crippen LogP contribution in [0.4, 0.5) is 0 Å². The van der Waals surface area contributed by atoms with Gasteiger partial charge in [0, 0.05) is 4.47 Å². The molecule has 4 heteroatoms. The third-order valence-electron chi connectivity index (χ3n) is 6.56. The lowest BCUT2D eigenvalue weighted by molar-refractivity contribution is 1.11. The van der Waals surface area contributed by atoms with Crippen molar-refractivity contribution in [2.45, 2.75) is 0 Å². The van der Waals surface area contributed by atoms with Gasteiger partial charge in [-0.25, -0.2) is 4.98 Å². The number of fused-ring (bicyclic) bond motifs is 5. The number of halogens is 1. The van der Waals surface area contributed by atoms with Crippen LogP contribution in [0, 0.1) is 0 Å². The SMILES string of the molecule is Brc1cccc2nc3n(-c4cc(-c5ccccc5)cc(-c5ccccc5)c4)c4ccccc4n3c12. The average molecular weight is 514 g/mol. The molecule has 0 aliphatic rings. The third kappa shape index (κ3) is 3.22. The Balaban J connectivity index is 1.60. The second-order valence-corrected chi connectivity index (χ2v) is 9.53. The van der Waals surface area contributed by atoms with E-state index in [-0.39, 0.29) is 0 Å². The summed E-state index contributed by atoms with van der Waals surface area (Å²) in [6.45, 7) is 0. The minimum absolute atomic E-state index is 0.900. The van der Waals surface area contributed by atoms with E-state index in [9.17, 15) is 0 Å². The van der Waals surface area contributed by atoms with E-state index in [0.717, 1.165) is 38.0 Å². The van der Waals surface area contributed by atoms with Gasteiger partial charge in [-0.15, -0.1) is 0 Å². The smallest absolute Gasteiger partial charge is 0.220 e. The van der Waals surface area contributed by atoms with E-state index in [4.69, 9.17) is 4.98 Å². The molecule has 0 spiro atoms. The zero-order chi connectivity index (χ0) is 23.4. The Morgan fingerprint density at radius 2 is 1.14 bits per heavy atom. The highest BCUT2D eigenvalue weighted by atomic mass is 79.9. The van der Waals surface area contributed by atoms with Crippen molar-refractivity contribution in [2.75, 3.05) is 0 Å². The first-order chi connectivity index (χ1) is 17.3. The minimum Gasteiger partial charge on any atom is -0.278 e. The molecule has 0 saturated carbocycles. The normalized spacial score (nSPS) is 11.6. The van der Waals surface area contributed by atoms with Crippen molar-refractivity contribution < 1.29 is 0 Å². The largest absolute Gasteiger partial charge is 0.278 e. The molecule has 0 atom stereocenters. The van der Waals surface area contributed by atoms with E-state index in [0.29, 0.717) is 0 Å². The summed E-state index contributed by atoms with van der Waals surface area (Å²) in [5.74, 6) is 0.900. The molecule has 166 valence electrons. The van der Waals surface area contributed by atoms with Gasteiger partial charge in [-0.1, -0.05) is 78.9 Å². The highest BCUT2D eigenvalue weighted by Crippen LogP contribution is 2.35. The number of rotatable bonds is 3. The van der Waals surface area contributed by atoms with Gasteiger partial charge in [0.2, 0.25) is 5.78 Å². The van der Waals surface area contributed by atoms with Crippen LogP contribution in [0.15, 0.2) is 126 Å². The van der Waals surface area contributed by atoms with Crippen LogP contribution in [0.2, 0.25) is 0 Å². The summed E-state index contributed by atoms with van der Waals surface area (Å²) in [5.41, 5.74) is 10.1. The first-order valence-corrected chi connectivity index (χ1v) is 12.4. The van der Waals surface area contributed by atoms with Gasteiger partial charge in [-0.2, -0.15) is 0 Å². The summed E-state index contributed by atoms with van der Waals surface area (Å²) < 4.78 is 5.57. The maximum Gasteiger partial charge on any atom is 0.220 e. The number of para-hydroxylation sites is 3. The molecule has 0 amide bonds. The van der Waals surface area contributed by atoms with Crippen molar-refractivity contribution in [3.05, 3.63) is 126 Å². The lowest BCUT2D eigenvalue weighted by atomic mass is 9.98. The molecule has 7 aromatic rings. The monoisotopic (exact) mass is 513 g/mol. The fourth-order valence-corrected chi connectivity index (χ4v) is 5.52. The summed E-state index contributed by atoms with van der Waals surface area (Å²) in [6, 6.07) is 42.6. The predicted molar refractivity (Wildman–Crippen MR) is 148 cm³/mol. The molecule has 0 aliphatic heterocycles. The van der Waals surface area contributed by atoms with Crippen LogP contribution in [0.3, 0.4) is 0 Å². The quantitative estimate of drug-likeness (QED) is 0.232. The predicted octanol–water partition coefficient (Wildman–Crippen LogP) is 8.53. The summed E-state index contributed by atoms with van der Waals surface area (Å²) in [7, 11) is 0. The molecule has 5 aromatic carbocycles. The molecule has 2 heterocycles. The Hall–Kier alpha value is -4.15. The van der Waals surface area contributed by atoms with E-state index in [1.807, 2.05) is 6.07 Å². The highest BCUT2D eigenvalue weighted by Gasteiger charge is 2.19. The molecule has 2 aromatic heterocycles. The fourth-order valence-electron chi connectivity index (χ4n) is 4.99. The number of hydrogen-bond donors (Lipinski definition) is 0. The van der Waals surface area contributed by atoms with E-state index in [1.54, 1.807) is 0 Å². The van der Waals surface area contributed by atoms with Gasteiger partial charge in [0.1, 0.15) is 0 Å². The third-order valence-corrected chi connectivity index (χ3v) is 7.20. The summed E-state index contributed by atoms with van der Waals surface area (Å²) in [4.78, 5) is 5.09. The van der Waals surface area contributed by atoms with Gasteiger partial charge < -0.3 is 0 Å². The standard InChI is InChI=1S/C31H20BrN3/c32-26-14-9-15-27-30(26)35-29-17-8-7-16-28(29)34(31(35)33-27)25-19-23(21-10-3-1-4-11-21)18-24(20-25)22-12-5-2-6-13-22/h1-20H. The van der Waals surface area contributed by atoms with Crippen molar-refractivity contribution in [3.8, 4) is 27.9 Å². The second-order valence-electron chi connectivity index (χ2n) is 8.68. The number of aromatic nitrogens is 3. The van der Waals surface area contributed by atoms with Gasteiger partial charge in [0.05, 0.1) is 27.8 Å². The van der Waals surface area contributed by atoms with E-state index >= 15 is 0 Å². The number of hydrogen-bond acceptors (Lipinski definition) is 1. The summed E-state index contributed by atoms with van der Waals surface area (Å²) in [6.07, 6.45) is 0. The van der Waals surface area contributed by atoms with E-state index in [1.165, 1.54) is 22.3 Å². The zero-order valence-corrected chi connectivity index (χ0v) is 20.4. The molecule has 0 radical (unpaired) electrons. The van der Waals surface area contributed by atoms with Crippen LogP contribution in [0.25, 0.3) is 55.8 Å². The summed E-state index contributed by atoms with van der Waals surface area (Å²) >= 11 is 3.76. The lowest BCUT2D eigenvalue weighted by Gasteiger charge is -2.12. The van der Waals surface area contributed by atoms with Crippen LogP contribution in [0.5, 0.6) is 0 Å². The molecule has 0 saturated heterocycles. The topological polar surface area (TPSA) is 22.2 Å². The minimum atomic E-state index is 0.900. The molecule has 35 heavy (non-hydrogen) atoms. The van der Waals surface area contributed by atoms with Crippen molar-refractivity contribution >= 4 is 43.8 Å². The second kappa shape index (κ2) is 7.97. The zero-order valence-electron chi connectivity index (χ0n) is 18.8. The first kappa shape index (κ1) is 20.2. The first-order valence-electron chi connectivity index (χ1n) is 11.6. The van der Waals surface area contributed by atoms with Crippen molar-refractivity contribution in [2.24, 2.45) is 0 Å². The van der Waals surface area contributed by atoms with Crippen LogP contribution < -0.4 is 0 Å². The Bertz CT molecular complexity index is 1790. The number of imidazole rings is 2. The number of benzene rings is 5. The molecule has 3 nitrogen and oxygen atoms in total. The molecular formula is C31H20BrN3. The van der Waals surface area contributed by atoms with Crippen LogP contribution >= 0.6 is 15.9 Å². The highest BCUT2D eigenvalue weighted by molar-refractivity contribution is 9.10. The van der Waals surface area contributed by atoms with Crippen LogP contribution in [-0.4, -0.2) is 14.0 Å². The Labute approximate surface area is 211 Å². The Kier molecular flexibility index (Phi) is 4.61. The Morgan fingerprint density at radius 3 is 1.80 bits per heavy atom. The Morgan fingerprint density at radius 1 is 0.543 bits per heavy atom. The number of nitrogens with zero attached hydrogens (tertiary/aromatic N) is 3. The van der Waals surface area contributed by atoms with Crippen LogP contribution in [0.1, 0.15) is 0 Å². The van der Waals surface area contributed by atoms with Crippen molar-refractivity contribution in [3.63, 3.8) is 0 Å². The fraction of sp³-hybridized carbons (Fsp3) is 0. The lowest BCUT2D eigenvalue weighted by Crippen LogP contribution is -1.97. The van der Waals surface area contributed by atoms with Crippen LogP contribution in [-0.2, 0) is 0 Å². The maximum absolute atomic E-state index is 5.09. The average Bonchev–Trinajstić information content (AvgIpc) is 3.44. The molecule has 0 aliphatic carbocycles.